The number of carbonyl (C=O) groups is 1. The average molecular weight is 463 g/mol. The molecule has 1 aromatic carbocycles. The Morgan fingerprint density at radius 2 is 2.12 bits per heavy atom. The Labute approximate surface area is 199 Å². The zero-order chi connectivity index (χ0) is 24.1. The van der Waals surface area contributed by atoms with Crippen LogP contribution in [-0.2, 0) is 17.7 Å². The summed E-state index contributed by atoms with van der Waals surface area (Å²) in [6.07, 6.45) is 4.83. The maximum absolute atomic E-state index is 12.6. The molecular weight excluding hydrogens is 432 g/mol. The predicted molar refractivity (Wildman–Crippen MR) is 131 cm³/mol. The Kier molecular flexibility index (Phi) is 6.93. The fourth-order valence-corrected chi connectivity index (χ4v) is 3.74. The molecule has 2 aromatic heterocycles. The highest BCUT2D eigenvalue weighted by Crippen LogP contribution is 2.39. The van der Waals surface area contributed by atoms with E-state index in [1.807, 2.05) is 38.1 Å². The van der Waals surface area contributed by atoms with Gasteiger partial charge in [-0.25, -0.2) is 15.0 Å². The lowest BCUT2D eigenvalue weighted by Gasteiger charge is -2.22. The fourth-order valence-electron chi connectivity index (χ4n) is 3.74. The minimum Gasteiger partial charge on any atom is -0.492 e. The largest absolute Gasteiger partial charge is 0.492 e. The van der Waals surface area contributed by atoms with E-state index in [2.05, 4.69) is 25.6 Å². The minimum atomic E-state index is -0.272. The SMILES string of the molecule is COC(C)(C)CCNC(=O)c1cccc(CNc2ncc(-c3ccnc(N)n3)c3c2CCO3)c1. The van der Waals surface area contributed by atoms with Crippen molar-refractivity contribution >= 4 is 17.7 Å². The van der Waals surface area contributed by atoms with Crippen LogP contribution < -0.4 is 21.1 Å². The van der Waals surface area contributed by atoms with Crippen molar-refractivity contribution in [3.05, 3.63) is 59.4 Å². The van der Waals surface area contributed by atoms with Crippen molar-refractivity contribution in [1.29, 1.82) is 0 Å². The predicted octanol–water partition coefficient (Wildman–Crippen LogP) is 3.21. The molecule has 4 N–H and O–H groups in total. The molecule has 4 rings (SSSR count). The number of nitrogens with two attached hydrogens (primary N) is 1. The third-order valence-corrected chi connectivity index (χ3v) is 5.89. The zero-order valence-electron chi connectivity index (χ0n) is 19.7. The van der Waals surface area contributed by atoms with E-state index in [0.717, 1.165) is 41.1 Å². The first kappa shape index (κ1) is 23.4. The molecule has 0 saturated carbocycles. The monoisotopic (exact) mass is 462 g/mol. The molecule has 0 unspecified atom stereocenters. The van der Waals surface area contributed by atoms with E-state index in [0.29, 0.717) is 31.0 Å². The number of nitrogens with one attached hydrogen (secondary N) is 2. The Bertz CT molecular complexity index is 1180. The second-order valence-corrected chi connectivity index (χ2v) is 8.75. The van der Waals surface area contributed by atoms with Gasteiger partial charge in [0, 0.05) is 50.1 Å². The lowest BCUT2D eigenvalue weighted by Crippen LogP contribution is -2.32. The van der Waals surface area contributed by atoms with Gasteiger partial charge in [0.2, 0.25) is 5.95 Å². The number of nitrogen functional groups attached to an aromatic ring is 1. The van der Waals surface area contributed by atoms with Crippen LogP contribution in [0.25, 0.3) is 11.3 Å². The Balaban J connectivity index is 1.43. The van der Waals surface area contributed by atoms with Crippen molar-refractivity contribution in [2.75, 3.05) is 31.3 Å². The quantitative estimate of drug-likeness (QED) is 0.443. The lowest BCUT2D eigenvalue weighted by atomic mass is 10.1. The van der Waals surface area contributed by atoms with Gasteiger partial charge in [-0.15, -0.1) is 0 Å². The van der Waals surface area contributed by atoms with Crippen LogP contribution in [0.3, 0.4) is 0 Å². The minimum absolute atomic E-state index is 0.102. The van der Waals surface area contributed by atoms with Crippen LogP contribution in [0.15, 0.2) is 42.7 Å². The molecule has 3 aromatic rings. The summed E-state index contributed by atoms with van der Waals surface area (Å²) in [4.78, 5) is 25.4. The van der Waals surface area contributed by atoms with E-state index in [1.54, 1.807) is 25.6 Å². The molecule has 9 nitrogen and oxygen atoms in total. The van der Waals surface area contributed by atoms with E-state index >= 15 is 0 Å². The average Bonchev–Trinajstić information content (AvgIpc) is 3.33. The van der Waals surface area contributed by atoms with Gasteiger partial charge in [0.25, 0.3) is 5.91 Å². The molecule has 34 heavy (non-hydrogen) atoms. The van der Waals surface area contributed by atoms with E-state index in [1.165, 1.54) is 0 Å². The first-order valence-corrected chi connectivity index (χ1v) is 11.3. The standard InChI is InChI=1S/C25H30N6O3/c1-25(2,33-3)9-11-27-23(32)17-6-4-5-16(13-17)14-29-22-18-8-12-34-21(18)19(15-30-22)20-7-10-28-24(26)31-20/h4-7,10,13,15H,8-9,11-12,14H2,1-3H3,(H,27,32)(H,29,30)(H2,26,28,31). The molecule has 3 heterocycles. The normalized spacial score (nSPS) is 12.7. The van der Waals surface area contributed by atoms with Gasteiger partial charge in [-0.2, -0.15) is 0 Å². The molecule has 0 spiro atoms. The van der Waals surface area contributed by atoms with Crippen LogP contribution in [0.4, 0.5) is 11.8 Å². The number of pyridine rings is 1. The number of methoxy groups -OCH3 is 1. The summed E-state index contributed by atoms with van der Waals surface area (Å²) in [7, 11) is 1.67. The molecule has 0 atom stereocenters. The number of hydrogen-bond acceptors (Lipinski definition) is 8. The third kappa shape index (κ3) is 5.43. The maximum atomic E-state index is 12.6. The van der Waals surface area contributed by atoms with Crippen molar-refractivity contribution in [2.24, 2.45) is 0 Å². The summed E-state index contributed by atoms with van der Waals surface area (Å²) in [5.74, 6) is 1.63. The van der Waals surface area contributed by atoms with Crippen LogP contribution in [0.2, 0.25) is 0 Å². The van der Waals surface area contributed by atoms with E-state index in [4.69, 9.17) is 15.2 Å². The molecule has 1 aliphatic rings. The number of hydrogen-bond donors (Lipinski definition) is 3. The highest BCUT2D eigenvalue weighted by molar-refractivity contribution is 5.94. The van der Waals surface area contributed by atoms with Crippen molar-refractivity contribution in [1.82, 2.24) is 20.3 Å². The summed E-state index contributed by atoms with van der Waals surface area (Å²) in [6.45, 7) is 5.64. The number of nitrogens with zero attached hydrogens (tertiary/aromatic N) is 3. The van der Waals surface area contributed by atoms with Crippen LogP contribution >= 0.6 is 0 Å². The van der Waals surface area contributed by atoms with Gasteiger partial charge in [0.05, 0.1) is 23.5 Å². The number of fused-ring (bicyclic) bond motifs is 1. The molecule has 9 heteroatoms. The van der Waals surface area contributed by atoms with Gasteiger partial charge in [0.15, 0.2) is 0 Å². The van der Waals surface area contributed by atoms with E-state index in [9.17, 15) is 4.79 Å². The first-order valence-electron chi connectivity index (χ1n) is 11.3. The lowest BCUT2D eigenvalue weighted by molar-refractivity contribution is 0.0160. The maximum Gasteiger partial charge on any atom is 0.251 e. The summed E-state index contributed by atoms with van der Waals surface area (Å²) < 4.78 is 11.3. The molecule has 0 bridgehead atoms. The Hall–Kier alpha value is -3.72. The van der Waals surface area contributed by atoms with E-state index in [-0.39, 0.29) is 17.5 Å². The number of benzene rings is 1. The molecule has 1 aliphatic heterocycles. The molecule has 0 radical (unpaired) electrons. The van der Waals surface area contributed by atoms with Crippen LogP contribution in [0.5, 0.6) is 5.75 Å². The van der Waals surface area contributed by atoms with Gasteiger partial charge in [-0.1, -0.05) is 12.1 Å². The Morgan fingerprint density at radius 3 is 2.91 bits per heavy atom. The number of carbonyl (C=O) groups excluding carboxylic acids is 1. The number of amides is 1. The van der Waals surface area contributed by atoms with Crippen molar-refractivity contribution in [2.45, 2.75) is 38.8 Å². The highest BCUT2D eigenvalue weighted by Gasteiger charge is 2.23. The fraction of sp³-hybridized carbons (Fsp3) is 0.360. The summed E-state index contributed by atoms with van der Waals surface area (Å²) in [6, 6.07) is 9.35. The summed E-state index contributed by atoms with van der Waals surface area (Å²) in [5.41, 5.74) is 9.54. The molecule has 1 amide bonds. The van der Waals surface area contributed by atoms with Crippen LogP contribution in [-0.4, -0.2) is 46.7 Å². The molecule has 0 saturated heterocycles. The second-order valence-electron chi connectivity index (χ2n) is 8.75. The van der Waals surface area contributed by atoms with Gasteiger partial charge >= 0.3 is 0 Å². The number of ether oxygens (including phenoxy) is 2. The zero-order valence-corrected chi connectivity index (χ0v) is 19.7. The molecular formula is C25H30N6O3. The van der Waals surface area contributed by atoms with Gasteiger partial charge < -0.3 is 25.8 Å². The first-order chi connectivity index (χ1) is 16.4. The van der Waals surface area contributed by atoms with Gasteiger partial charge in [-0.3, -0.25) is 4.79 Å². The van der Waals surface area contributed by atoms with Crippen LogP contribution in [0, 0.1) is 0 Å². The topological polar surface area (TPSA) is 124 Å². The highest BCUT2D eigenvalue weighted by atomic mass is 16.5. The van der Waals surface area contributed by atoms with E-state index < -0.39 is 0 Å². The number of anilines is 2. The number of rotatable bonds is 9. The third-order valence-electron chi connectivity index (χ3n) is 5.89. The van der Waals surface area contributed by atoms with Crippen molar-refractivity contribution < 1.29 is 14.3 Å². The Morgan fingerprint density at radius 1 is 1.26 bits per heavy atom. The van der Waals surface area contributed by atoms with Crippen molar-refractivity contribution in [3.8, 4) is 17.0 Å². The van der Waals surface area contributed by atoms with Gasteiger partial charge in [0.1, 0.15) is 11.6 Å². The second kappa shape index (κ2) is 10.0. The molecule has 0 fully saturated rings. The summed E-state index contributed by atoms with van der Waals surface area (Å²) >= 11 is 0. The van der Waals surface area contributed by atoms with Crippen molar-refractivity contribution in [3.63, 3.8) is 0 Å². The van der Waals surface area contributed by atoms with Gasteiger partial charge in [-0.05, 0) is 44.0 Å². The smallest absolute Gasteiger partial charge is 0.251 e. The molecule has 0 aliphatic carbocycles. The summed E-state index contributed by atoms with van der Waals surface area (Å²) in [5, 5.41) is 6.35. The van der Waals surface area contributed by atoms with Crippen LogP contribution in [0.1, 0.15) is 41.8 Å². The molecule has 178 valence electrons. The number of aromatic nitrogens is 3.